The molecule has 0 aromatic carbocycles. The first-order valence-electron chi connectivity index (χ1n) is 30.1. The van der Waals surface area contributed by atoms with E-state index in [1.165, 1.54) is 135 Å². The van der Waals surface area contributed by atoms with Gasteiger partial charge in [-0.05, 0) is 89.9 Å². The molecule has 1 atom stereocenters. The highest BCUT2D eigenvalue weighted by atomic mass is 16.6. The van der Waals surface area contributed by atoms with Crippen LogP contribution >= 0.6 is 0 Å². The summed E-state index contributed by atoms with van der Waals surface area (Å²) in [4.78, 5) is 38.3. The molecule has 0 aliphatic heterocycles. The minimum Gasteiger partial charge on any atom is -0.462 e. The first kappa shape index (κ1) is 67.6. The van der Waals surface area contributed by atoms with Crippen LogP contribution in [-0.4, -0.2) is 37.2 Å². The summed E-state index contributed by atoms with van der Waals surface area (Å²) >= 11 is 0. The number of esters is 3. The second-order valence-electron chi connectivity index (χ2n) is 19.9. The second-order valence-corrected chi connectivity index (χ2v) is 19.9. The van der Waals surface area contributed by atoms with Gasteiger partial charge in [-0.2, -0.15) is 0 Å². The van der Waals surface area contributed by atoms with Crippen molar-refractivity contribution in [3.8, 4) is 0 Å². The normalized spacial score (nSPS) is 12.7. The van der Waals surface area contributed by atoms with E-state index in [4.69, 9.17) is 14.2 Å². The number of rotatable bonds is 54. The summed E-state index contributed by atoms with van der Waals surface area (Å²) in [6.07, 6.45) is 77.1. The maximum absolute atomic E-state index is 12.9. The van der Waals surface area contributed by atoms with E-state index in [1.54, 1.807) is 0 Å². The quantitative estimate of drug-likeness (QED) is 0.0261. The molecule has 6 nitrogen and oxygen atoms in total. The lowest BCUT2D eigenvalue weighted by atomic mass is 10.0. The number of hydrogen-bond donors (Lipinski definition) is 0. The fraction of sp³-hybridized carbons (Fsp3) is 0.738. The van der Waals surface area contributed by atoms with Crippen LogP contribution in [0.2, 0.25) is 0 Å². The lowest BCUT2D eigenvalue weighted by Crippen LogP contribution is -2.30. The summed E-state index contributed by atoms with van der Waals surface area (Å²) in [6, 6.07) is 0. The Labute approximate surface area is 439 Å². The molecule has 6 heteroatoms. The van der Waals surface area contributed by atoms with Crippen molar-refractivity contribution in [2.75, 3.05) is 13.2 Å². The zero-order chi connectivity index (χ0) is 51.4. The minimum atomic E-state index is -0.785. The Kier molecular flexibility index (Phi) is 56.3. The van der Waals surface area contributed by atoms with Crippen LogP contribution in [-0.2, 0) is 28.6 Å². The third-order valence-corrected chi connectivity index (χ3v) is 12.9. The first-order valence-corrected chi connectivity index (χ1v) is 30.1. The lowest BCUT2D eigenvalue weighted by Gasteiger charge is -2.18. The minimum absolute atomic E-state index is 0.0808. The van der Waals surface area contributed by atoms with E-state index in [9.17, 15) is 14.4 Å². The molecule has 1 unspecified atom stereocenters. The number of ether oxygens (including phenoxy) is 3. The highest BCUT2D eigenvalue weighted by Gasteiger charge is 2.19. The van der Waals surface area contributed by atoms with Gasteiger partial charge in [-0.15, -0.1) is 0 Å². The number of hydrogen-bond acceptors (Lipinski definition) is 6. The van der Waals surface area contributed by atoms with Crippen LogP contribution in [0, 0.1) is 0 Å². The van der Waals surface area contributed by atoms with Crippen LogP contribution in [0.15, 0.2) is 85.1 Å². The average Bonchev–Trinajstić information content (AvgIpc) is 3.37. The molecule has 0 N–H and O–H groups in total. The molecular formula is C65H112O6. The molecule has 0 amide bonds. The summed E-state index contributed by atoms with van der Waals surface area (Å²) in [5.41, 5.74) is 0. The van der Waals surface area contributed by atoms with Gasteiger partial charge in [0.15, 0.2) is 6.10 Å². The van der Waals surface area contributed by atoms with Crippen LogP contribution in [0.1, 0.15) is 290 Å². The van der Waals surface area contributed by atoms with E-state index in [2.05, 4.69) is 106 Å². The number of unbranched alkanes of at least 4 members (excludes halogenated alkanes) is 29. The number of allylic oxidation sites excluding steroid dienone is 14. The fourth-order valence-corrected chi connectivity index (χ4v) is 8.45. The summed E-state index contributed by atoms with van der Waals surface area (Å²) in [5, 5.41) is 0. The maximum Gasteiger partial charge on any atom is 0.306 e. The van der Waals surface area contributed by atoms with Gasteiger partial charge in [-0.1, -0.05) is 266 Å². The average molecular weight is 990 g/mol. The lowest BCUT2D eigenvalue weighted by molar-refractivity contribution is -0.167. The van der Waals surface area contributed by atoms with Crippen molar-refractivity contribution in [1.29, 1.82) is 0 Å². The molecule has 0 aliphatic carbocycles. The van der Waals surface area contributed by atoms with Gasteiger partial charge < -0.3 is 14.2 Å². The monoisotopic (exact) mass is 989 g/mol. The Morgan fingerprint density at radius 3 is 0.859 bits per heavy atom. The molecule has 0 saturated carbocycles. The van der Waals surface area contributed by atoms with Crippen molar-refractivity contribution >= 4 is 17.9 Å². The maximum atomic E-state index is 12.9. The summed E-state index contributed by atoms with van der Waals surface area (Å²) in [7, 11) is 0. The largest absolute Gasteiger partial charge is 0.462 e. The first-order chi connectivity index (χ1) is 35.0. The van der Waals surface area contributed by atoms with E-state index in [1.807, 2.05) is 0 Å². The molecule has 0 aromatic heterocycles. The van der Waals surface area contributed by atoms with Crippen molar-refractivity contribution in [3.63, 3.8) is 0 Å². The van der Waals surface area contributed by atoms with E-state index in [-0.39, 0.29) is 31.1 Å². The van der Waals surface area contributed by atoms with Crippen LogP contribution < -0.4 is 0 Å². The van der Waals surface area contributed by atoms with Gasteiger partial charge in [0.1, 0.15) is 13.2 Å². The van der Waals surface area contributed by atoms with Crippen molar-refractivity contribution < 1.29 is 28.6 Å². The number of carbonyl (C=O) groups is 3. The summed E-state index contributed by atoms with van der Waals surface area (Å²) in [6.45, 7) is 6.43. The molecule has 0 heterocycles. The van der Waals surface area contributed by atoms with Crippen molar-refractivity contribution in [2.45, 2.75) is 297 Å². The van der Waals surface area contributed by atoms with Crippen molar-refractivity contribution in [3.05, 3.63) is 85.1 Å². The van der Waals surface area contributed by atoms with E-state index < -0.39 is 6.10 Å². The Bertz CT molecular complexity index is 1370. The second kappa shape index (κ2) is 59.2. The van der Waals surface area contributed by atoms with Crippen molar-refractivity contribution in [2.24, 2.45) is 0 Å². The zero-order valence-corrected chi connectivity index (χ0v) is 46.7. The van der Waals surface area contributed by atoms with Gasteiger partial charge in [-0.3, -0.25) is 14.4 Å². The molecule has 0 bridgehead atoms. The van der Waals surface area contributed by atoms with E-state index >= 15 is 0 Å². The zero-order valence-electron chi connectivity index (χ0n) is 46.7. The molecule has 0 aliphatic rings. The molecule has 0 fully saturated rings. The molecule has 0 radical (unpaired) electrons. The SMILES string of the molecule is CC/C=C\C/C=C\C/C=C\C/C=C\CCCCCCCCCCC(=O)OCC(COC(=O)CCCCCCCCCCCCCCCCC)OC(=O)CCCCCCCCC/C=C\C/C=C\C/C=C\CC. The van der Waals surface area contributed by atoms with Crippen molar-refractivity contribution in [1.82, 2.24) is 0 Å². The van der Waals surface area contributed by atoms with Gasteiger partial charge >= 0.3 is 17.9 Å². The molecule has 71 heavy (non-hydrogen) atoms. The molecule has 0 rings (SSSR count). The summed E-state index contributed by atoms with van der Waals surface area (Å²) in [5.74, 6) is -0.888. The Balaban J connectivity index is 4.38. The predicted molar refractivity (Wildman–Crippen MR) is 307 cm³/mol. The topological polar surface area (TPSA) is 78.9 Å². The van der Waals surface area contributed by atoms with E-state index in [0.717, 1.165) is 116 Å². The Morgan fingerprint density at radius 1 is 0.296 bits per heavy atom. The Morgan fingerprint density at radius 2 is 0.549 bits per heavy atom. The van der Waals surface area contributed by atoms with Crippen LogP contribution in [0.4, 0.5) is 0 Å². The van der Waals surface area contributed by atoms with Gasteiger partial charge in [0.2, 0.25) is 0 Å². The molecule has 408 valence electrons. The Hall–Kier alpha value is -3.41. The highest BCUT2D eigenvalue weighted by Crippen LogP contribution is 2.16. The van der Waals surface area contributed by atoms with Gasteiger partial charge in [0.25, 0.3) is 0 Å². The molecular weight excluding hydrogens is 877 g/mol. The van der Waals surface area contributed by atoms with Crippen LogP contribution in [0.25, 0.3) is 0 Å². The van der Waals surface area contributed by atoms with Crippen LogP contribution in [0.3, 0.4) is 0 Å². The molecule has 0 spiro atoms. The third-order valence-electron chi connectivity index (χ3n) is 12.9. The van der Waals surface area contributed by atoms with Gasteiger partial charge in [0.05, 0.1) is 0 Å². The van der Waals surface area contributed by atoms with Gasteiger partial charge in [-0.25, -0.2) is 0 Å². The predicted octanol–water partition coefficient (Wildman–Crippen LogP) is 20.3. The smallest absolute Gasteiger partial charge is 0.306 e. The third kappa shape index (κ3) is 57.4. The van der Waals surface area contributed by atoms with Crippen LogP contribution in [0.5, 0.6) is 0 Å². The molecule has 0 aromatic rings. The number of carbonyl (C=O) groups excluding carboxylic acids is 3. The standard InChI is InChI=1S/C65H112O6/c1-4-7-10-13-16-19-22-25-28-30-31-32-33-35-37-40-43-46-49-52-55-58-64(67)70-61-62(60-69-63(66)57-54-51-48-45-42-39-36-27-24-21-18-15-12-9-6-3)71-65(68)59-56-53-50-47-44-41-38-34-29-26-23-20-17-14-11-8-5-2/h7-8,10-11,16-17,19-20,25-26,28-29,31-32,62H,4-6,9,12-15,18,21-24,27,30,33-61H2,1-3H3/b10-7-,11-8-,19-16-,20-17-,28-25-,29-26-,32-31-. The van der Waals surface area contributed by atoms with E-state index in [0.29, 0.717) is 19.3 Å². The van der Waals surface area contributed by atoms with Gasteiger partial charge in [0, 0.05) is 19.3 Å². The highest BCUT2D eigenvalue weighted by molar-refractivity contribution is 5.71. The molecule has 0 saturated heterocycles. The fourth-order valence-electron chi connectivity index (χ4n) is 8.45. The summed E-state index contributed by atoms with van der Waals surface area (Å²) < 4.78 is 16.9.